The summed E-state index contributed by atoms with van der Waals surface area (Å²) in [7, 11) is -1.30. The van der Waals surface area contributed by atoms with Gasteiger partial charge in [-0.15, -0.1) is 0 Å². The van der Waals surface area contributed by atoms with Crippen LogP contribution in [0.1, 0.15) is 34.1 Å². The fraction of sp³-hybridized carbons (Fsp3) is 0.692. The normalized spacial score (nSPS) is 21.3. The summed E-state index contributed by atoms with van der Waals surface area (Å²) in [6, 6.07) is 0. The zero-order chi connectivity index (χ0) is 11.0. The summed E-state index contributed by atoms with van der Waals surface area (Å²) in [5.41, 5.74) is 0. The van der Waals surface area contributed by atoms with Gasteiger partial charge in [-0.1, -0.05) is 65.1 Å². The molecule has 0 aromatic carbocycles. The van der Waals surface area contributed by atoms with Crippen molar-refractivity contribution in [2.24, 2.45) is 0 Å². The molecule has 1 aliphatic carbocycles. The monoisotopic (exact) mass is 208 g/mol. The first-order valence-electron chi connectivity index (χ1n) is 5.56. The highest BCUT2D eigenvalue weighted by atomic mass is 28.3. The molecule has 0 saturated heterocycles. The van der Waals surface area contributed by atoms with Crippen molar-refractivity contribution in [3.63, 3.8) is 0 Å². The second-order valence-electron chi connectivity index (χ2n) is 6.20. The van der Waals surface area contributed by atoms with Gasteiger partial charge < -0.3 is 0 Å². The molecule has 0 radical (unpaired) electrons. The summed E-state index contributed by atoms with van der Waals surface area (Å²) in [5.74, 6) is 0. The maximum absolute atomic E-state index is 2.51. The van der Waals surface area contributed by atoms with E-state index >= 15 is 0 Å². The number of allylic oxidation sites excluding steroid dienone is 4. The molecule has 0 fully saturated rings. The first-order chi connectivity index (χ1) is 6.21. The van der Waals surface area contributed by atoms with Crippen molar-refractivity contribution in [1.29, 1.82) is 0 Å². The van der Waals surface area contributed by atoms with E-state index in [1.54, 1.807) is 0 Å². The van der Waals surface area contributed by atoms with Crippen molar-refractivity contribution in [2.45, 2.75) is 57.3 Å². The van der Waals surface area contributed by atoms with Crippen LogP contribution < -0.4 is 0 Å². The zero-order valence-corrected chi connectivity index (χ0v) is 11.5. The van der Waals surface area contributed by atoms with E-state index in [2.05, 4.69) is 65.1 Å². The fourth-order valence-corrected chi connectivity index (χ4v) is 4.67. The number of hydrogen-bond acceptors (Lipinski definition) is 0. The molecule has 0 unspecified atom stereocenters. The molecular weight excluding hydrogens is 184 g/mol. The Morgan fingerprint density at radius 1 is 1.07 bits per heavy atom. The molecule has 1 aliphatic rings. The lowest BCUT2D eigenvalue weighted by Gasteiger charge is -2.48. The Kier molecular flexibility index (Phi) is 2.83. The van der Waals surface area contributed by atoms with Gasteiger partial charge in [0.1, 0.15) is 0 Å². The average Bonchev–Trinajstić information content (AvgIpc) is 2.03. The SMILES string of the molecule is CC(C)(C)[Si](C)(C)C1(C)C=CCC=C1. The molecule has 80 valence electrons. The van der Waals surface area contributed by atoms with Crippen LogP contribution in [0.5, 0.6) is 0 Å². The summed E-state index contributed by atoms with van der Waals surface area (Å²) in [6.07, 6.45) is 10.6. The Labute approximate surface area is 90.1 Å². The highest BCUT2D eigenvalue weighted by Crippen LogP contribution is 2.53. The Hall–Kier alpha value is -0.303. The largest absolute Gasteiger partial charge is 0.0842 e. The lowest BCUT2D eigenvalue weighted by molar-refractivity contribution is 0.675. The second-order valence-corrected chi connectivity index (χ2v) is 12.0. The molecule has 0 heterocycles. The van der Waals surface area contributed by atoms with Gasteiger partial charge in [-0.05, 0) is 16.5 Å². The van der Waals surface area contributed by atoms with Crippen molar-refractivity contribution in [3.05, 3.63) is 24.3 Å². The van der Waals surface area contributed by atoms with E-state index in [-0.39, 0.29) is 0 Å². The van der Waals surface area contributed by atoms with Crippen molar-refractivity contribution < 1.29 is 0 Å². The maximum atomic E-state index is 2.51. The van der Waals surface area contributed by atoms with Crippen LogP contribution in [-0.2, 0) is 0 Å². The molecule has 0 aliphatic heterocycles. The third kappa shape index (κ3) is 1.74. The molecule has 14 heavy (non-hydrogen) atoms. The lowest BCUT2D eigenvalue weighted by atomic mass is 10.0. The topological polar surface area (TPSA) is 0 Å². The van der Waals surface area contributed by atoms with Gasteiger partial charge in [-0.2, -0.15) is 0 Å². The van der Waals surface area contributed by atoms with Crippen LogP contribution in [0.2, 0.25) is 23.2 Å². The van der Waals surface area contributed by atoms with Gasteiger partial charge in [0.05, 0.1) is 8.07 Å². The number of hydrogen-bond donors (Lipinski definition) is 0. The smallest absolute Gasteiger partial charge is 0.0676 e. The Morgan fingerprint density at radius 2 is 1.50 bits per heavy atom. The van der Waals surface area contributed by atoms with Gasteiger partial charge >= 0.3 is 0 Å². The minimum Gasteiger partial charge on any atom is -0.0842 e. The highest BCUT2D eigenvalue weighted by Gasteiger charge is 2.47. The van der Waals surface area contributed by atoms with Crippen LogP contribution in [0.15, 0.2) is 24.3 Å². The standard InChI is InChI=1S/C13H24Si/c1-12(2,3)14(5,6)13(4)10-8-7-9-11-13/h8-11H,7H2,1-6H3. The van der Waals surface area contributed by atoms with E-state index < -0.39 is 8.07 Å². The first-order valence-corrected chi connectivity index (χ1v) is 8.56. The molecule has 0 aromatic rings. The van der Waals surface area contributed by atoms with Gasteiger partial charge in [-0.25, -0.2) is 0 Å². The third-order valence-electron chi connectivity index (χ3n) is 4.42. The predicted octanol–water partition coefficient (Wildman–Crippen LogP) is 4.77. The zero-order valence-electron chi connectivity index (χ0n) is 10.5. The van der Waals surface area contributed by atoms with Crippen molar-refractivity contribution in [1.82, 2.24) is 0 Å². The van der Waals surface area contributed by atoms with Crippen molar-refractivity contribution in [2.75, 3.05) is 0 Å². The molecule has 0 saturated carbocycles. The van der Waals surface area contributed by atoms with Crippen LogP contribution in [-0.4, -0.2) is 8.07 Å². The molecule has 0 aromatic heterocycles. The highest BCUT2D eigenvalue weighted by molar-refractivity contribution is 6.84. The van der Waals surface area contributed by atoms with Crippen LogP contribution >= 0.6 is 0 Å². The Morgan fingerprint density at radius 3 is 1.86 bits per heavy atom. The van der Waals surface area contributed by atoms with Gasteiger partial charge in [0, 0.05) is 0 Å². The van der Waals surface area contributed by atoms with Gasteiger partial charge in [0.15, 0.2) is 0 Å². The lowest BCUT2D eigenvalue weighted by Crippen LogP contribution is -2.47. The molecule has 0 amide bonds. The fourth-order valence-electron chi connectivity index (χ4n) is 1.98. The van der Waals surface area contributed by atoms with Crippen LogP contribution in [0.3, 0.4) is 0 Å². The summed E-state index contributed by atoms with van der Waals surface area (Å²) in [5, 5.41) is 0.789. The molecule has 0 spiro atoms. The Bertz CT molecular complexity index is 251. The third-order valence-corrected chi connectivity index (χ3v) is 11.2. The van der Waals surface area contributed by atoms with Crippen LogP contribution in [0.25, 0.3) is 0 Å². The number of rotatable bonds is 1. The van der Waals surface area contributed by atoms with Crippen LogP contribution in [0, 0.1) is 0 Å². The maximum Gasteiger partial charge on any atom is 0.0676 e. The summed E-state index contributed by atoms with van der Waals surface area (Å²) in [6.45, 7) is 14.6. The summed E-state index contributed by atoms with van der Waals surface area (Å²) >= 11 is 0. The van der Waals surface area contributed by atoms with Gasteiger partial charge in [-0.3, -0.25) is 0 Å². The van der Waals surface area contributed by atoms with E-state index in [1.165, 1.54) is 0 Å². The van der Waals surface area contributed by atoms with E-state index in [0.29, 0.717) is 10.1 Å². The molecule has 0 bridgehead atoms. The molecule has 0 nitrogen and oxygen atoms in total. The van der Waals surface area contributed by atoms with Gasteiger partial charge in [0.2, 0.25) is 0 Å². The van der Waals surface area contributed by atoms with Crippen LogP contribution in [0.4, 0.5) is 0 Å². The first kappa shape index (κ1) is 11.8. The van der Waals surface area contributed by atoms with Gasteiger partial charge in [0.25, 0.3) is 0 Å². The molecule has 1 rings (SSSR count). The average molecular weight is 208 g/mol. The quantitative estimate of drug-likeness (QED) is 0.430. The predicted molar refractivity (Wildman–Crippen MR) is 68.5 cm³/mol. The Balaban J connectivity index is 3.08. The van der Waals surface area contributed by atoms with E-state index in [1.807, 2.05) is 0 Å². The van der Waals surface area contributed by atoms with E-state index in [9.17, 15) is 0 Å². The minimum absolute atomic E-state index is 0.337. The summed E-state index contributed by atoms with van der Waals surface area (Å²) in [4.78, 5) is 0. The molecule has 0 N–H and O–H groups in total. The van der Waals surface area contributed by atoms with E-state index in [0.717, 1.165) is 6.42 Å². The second kappa shape index (κ2) is 3.37. The minimum atomic E-state index is -1.30. The van der Waals surface area contributed by atoms with Crippen molar-refractivity contribution in [3.8, 4) is 0 Å². The molecular formula is C13H24Si. The molecule has 0 atom stereocenters. The van der Waals surface area contributed by atoms with Crippen molar-refractivity contribution >= 4 is 8.07 Å². The van der Waals surface area contributed by atoms with E-state index in [4.69, 9.17) is 0 Å². The molecule has 1 heteroatoms. The summed E-state index contributed by atoms with van der Waals surface area (Å²) < 4.78 is 0.